The van der Waals surface area contributed by atoms with Gasteiger partial charge < -0.3 is 9.79 Å². The molecule has 0 bridgehead atoms. The molecule has 0 unspecified atom stereocenters. The summed E-state index contributed by atoms with van der Waals surface area (Å²) in [4.78, 5) is 21.6. The van der Waals surface area contributed by atoms with Gasteiger partial charge in [0.15, 0.2) is 12.2 Å². The number of hydrogen-bond donors (Lipinski definition) is 3. The van der Waals surface area contributed by atoms with Gasteiger partial charge in [-0.3, -0.25) is 14.4 Å². The summed E-state index contributed by atoms with van der Waals surface area (Å²) in [5, 5.41) is 7.83. The quantitative estimate of drug-likeness (QED) is 0.701. The third-order valence-electron chi connectivity index (χ3n) is 3.29. The van der Waals surface area contributed by atoms with Gasteiger partial charge in [-0.1, -0.05) is 20.3 Å². The molecule has 2 aromatic rings. The van der Waals surface area contributed by atoms with Crippen LogP contribution in [0.3, 0.4) is 0 Å². The van der Waals surface area contributed by atoms with E-state index in [1.54, 1.807) is 10.6 Å². The highest BCUT2D eigenvalue weighted by molar-refractivity contribution is 7.46. The first-order valence-electron chi connectivity index (χ1n) is 6.65. The van der Waals surface area contributed by atoms with Gasteiger partial charge in [-0.2, -0.15) is 0 Å². The maximum Gasteiger partial charge on any atom is 0.471 e. The van der Waals surface area contributed by atoms with Gasteiger partial charge in [-0.15, -0.1) is 0 Å². The third-order valence-corrected chi connectivity index (χ3v) is 3.74. The van der Waals surface area contributed by atoms with E-state index in [-0.39, 0.29) is 18.1 Å². The number of fused-ring (bicyclic) bond motifs is 1. The SMILES string of the molecule is CCC[C@@H](C)c1ccc2c(=N)ncn(COP(=O)(O)O)n12. The average Bonchev–Trinajstić information content (AvgIpc) is 2.83. The van der Waals surface area contributed by atoms with Gasteiger partial charge >= 0.3 is 7.82 Å². The van der Waals surface area contributed by atoms with Gasteiger partial charge in [-0.05, 0) is 24.5 Å². The number of aromatic nitrogens is 3. The standard InChI is InChI=1S/C12H19N4O4P/c1-3-4-9(2)10-5-6-11-12(13)14-7-15(16(10)11)8-20-21(17,18)19/h5-7,9,13H,3-4,8H2,1-2H3,(H2,17,18,19)/t9-/m1/s1. The molecule has 0 saturated carbocycles. The van der Waals surface area contributed by atoms with Crippen molar-refractivity contribution in [3.63, 3.8) is 0 Å². The number of rotatable bonds is 6. The summed E-state index contributed by atoms with van der Waals surface area (Å²) < 4.78 is 18.6. The van der Waals surface area contributed by atoms with Gasteiger partial charge in [0, 0.05) is 5.69 Å². The van der Waals surface area contributed by atoms with Crippen molar-refractivity contribution in [2.75, 3.05) is 0 Å². The first kappa shape index (κ1) is 15.9. The van der Waals surface area contributed by atoms with Crippen LogP contribution in [0.25, 0.3) is 5.52 Å². The average molecular weight is 314 g/mol. The van der Waals surface area contributed by atoms with Gasteiger partial charge in [0.2, 0.25) is 0 Å². The highest BCUT2D eigenvalue weighted by atomic mass is 31.2. The molecule has 116 valence electrons. The van der Waals surface area contributed by atoms with Crippen molar-refractivity contribution in [1.29, 1.82) is 5.41 Å². The molecule has 0 spiro atoms. The van der Waals surface area contributed by atoms with Crippen LogP contribution in [0, 0.1) is 5.41 Å². The Labute approximate surface area is 121 Å². The van der Waals surface area contributed by atoms with Crippen molar-refractivity contribution >= 4 is 13.3 Å². The Morgan fingerprint density at radius 3 is 2.81 bits per heavy atom. The fourth-order valence-corrected chi connectivity index (χ4v) is 2.60. The molecule has 0 radical (unpaired) electrons. The molecule has 21 heavy (non-hydrogen) atoms. The molecular formula is C12H19N4O4P. The molecule has 0 aromatic carbocycles. The van der Waals surface area contributed by atoms with E-state index >= 15 is 0 Å². The molecule has 1 atom stereocenters. The molecule has 8 nitrogen and oxygen atoms in total. The smallest absolute Gasteiger partial charge is 0.303 e. The van der Waals surface area contributed by atoms with E-state index < -0.39 is 7.82 Å². The van der Waals surface area contributed by atoms with Gasteiger partial charge in [0.05, 0.1) is 0 Å². The minimum Gasteiger partial charge on any atom is -0.303 e. The lowest BCUT2D eigenvalue weighted by atomic mass is 10.0. The van der Waals surface area contributed by atoms with E-state index in [1.807, 2.05) is 6.07 Å². The second kappa shape index (κ2) is 6.11. The number of phosphoric ester groups is 1. The Kier molecular flexibility index (Phi) is 4.63. The lowest BCUT2D eigenvalue weighted by Gasteiger charge is -2.16. The Morgan fingerprint density at radius 1 is 1.48 bits per heavy atom. The van der Waals surface area contributed by atoms with Crippen LogP contribution in [0.2, 0.25) is 0 Å². The Morgan fingerprint density at radius 2 is 2.19 bits per heavy atom. The van der Waals surface area contributed by atoms with E-state index in [0.29, 0.717) is 5.52 Å². The molecular weight excluding hydrogens is 295 g/mol. The normalized spacial score (nSPS) is 13.7. The van der Waals surface area contributed by atoms with Crippen molar-refractivity contribution in [2.45, 2.75) is 39.3 Å². The maximum atomic E-state index is 10.9. The first-order chi connectivity index (χ1) is 9.83. The molecule has 0 aliphatic carbocycles. The Bertz CT molecular complexity index is 732. The summed E-state index contributed by atoms with van der Waals surface area (Å²) in [5.41, 5.74) is 1.64. The van der Waals surface area contributed by atoms with Gasteiger partial charge in [0.25, 0.3) is 0 Å². The van der Waals surface area contributed by atoms with Crippen LogP contribution in [0.5, 0.6) is 0 Å². The maximum absolute atomic E-state index is 10.9. The van der Waals surface area contributed by atoms with Crippen LogP contribution < -0.4 is 5.49 Å². The zero-order valence-corrected chi connectivity index (χ0v) is 12.8. The van der Waals surface area contributed by atoms with Gasteiger partial charge in [0.1, 0.15) is 11.8 Å². The monoisotopic (exact) mass is 314 g/mol. The summed E-state index contributed by atoms with van der Waals surface area (Å²) in [6.45, 7) is 3.83. The van der Waals surface area contributed by atoms with E-state index in [0.717, 1.165) is 18.5 Å². The Balaban J connectivity index is 2.50. The molecule has 0 aliphatic rings. The summed E-state index contributed by atoms with van der Waals surface area (Å²) in [5.74, 6) is 0.251. The number of nitrogens with zero attached hydrogens (tertiary/aromatic N) is 3. The summed E-state index contributed by atoms with van der Waals surface area (Å²) in [6.07, 6.45) is 3.33. The fraction of sp³-hybridized carbons (Fsp3) is 0.500. The van der Waals surface area contributed by atoms with E-state index in [9.17, 15) is 4.57 Å². The van der Waals surface area contributed by atoms with E-state index in [1.165, 1.54) is 11.0 Å². The van der Waals surface area contributed by atoms with Crippen molar-refractivity contribution < 1.29 is 18.9 Å². The van der Waals surface area contributed by atoms with Crippen LogP contribution in [0.4, 0.5) is 0 Å². The summed E-state index contributed by atoms with van der Waals surface area (Å²) in [7, 11) is -4.56. The van der Waals surface area contributed by atoms with Crippen molar-refractivity contribution in [3.8, 4) is 0 Å². The first-order valence-corrected chi connectivity index (χ1v) is 8.18. The van der Waals surface area contributed by atoms with Crippen LogP contribution >= 0.6 is 7.82 Å². The number of hydrogen-bond acceptors (Lipinski definition) is 4. The highest BCUT2D eigenvalue weighted by Crippen LogP contribution is 2.36. The van der Waals surface area contributed by atoms with Gasteiger partial charge in [-0.25, -0.2) is 14.2 Å². The lowest BCUT2D eigenvalue weighted by molar-refractivity contribution is 0.139. The zero-order chi connectivity index (χ0) is 15.6. The molecule has 0 aliphatic heterocycles. The molecule has 0 fully saturated rings. The zero-order valence-electron chi connectivity index (χ0n) is 11.9. The topological polar surface area (TPSA) is 113 Å². The molecule has 2 aromatic heterocycles. The van der Waals surface area contributed by atoms with Crippen molar-refractivity contribution in [1.82, 2.24) is 14.2 Å². The molecule has 3 N–H and O–H groups in total. The highest BCUT2D eigenvalue weighted by Gasteiger charge is 2.17. The predicted octanol–water partition coefficient (Wildman–Crippen LogP) is 1.59. The molecule has 2 rings (SSSR count). The minimum atomic E-state index is -4.56. The second-order valence-corrected chi connectivity index (χ2v) is 6.17. The van der Waals surface area contributed by atoms with Crippen LogP contribution in [0.1, 0.15) is 38.3 Å². The minimum absolute atomic E-state index is 0.109. The fourth-order valence-electron chi connectivity index (χ4n) is 2.33. The van der Waals surface area contributed by atoms with E-state index in [2.05, 4.69) is 23.4 Å². The van der Waals surface area contributed by atoms with Crippen molar-refractivity contribution in [2.24, 2.45) is 0 Å². The van der Waals surface area contributed by atoms with E-state index in [4.69, 9.17) is 15.2 Å². The molecule has 0 saturated heterocycles. The van der Waals surface area contributed by atoms with Crippen LogP contribution in [0.15, 0.2) is 18.5 Å². The molecule has 2 heterocycles. The number of nitrogens with one attached hydrogen (secondary N) is 1. The van der Waals surface area contributed by atoms with Crippen molar-refractivity contribution in [3.05, 3.63) is 29.6 Å². The number of phosphoric acid groups is 1. The molecule has 9 heteroatoms. The second-order valence-electron chi connectivity index (χ2n) is 4.93. The lowest BCUT2D eigenvalue weighted by Crippen LogP contribution is -2.21. The van der Waals surface area contributed by atoms with Crippen LogP contribution in [-0.2, 0) is 15.8 Å². The largest absolute Gasteiger partial charge is 0.471 e. The summed E-state index contributed by atoms with van der Waals surface area (Å²) >= 11 is 0. The Hall–Kier alpha value is -1.47. The predicted molar refractivity (Wildman–Crippen MR) is 75.5 cm³/mol. The third kappa shape index (κ3) is 3.59. The molecule has 0 amide bonds. The van der Waals surface area contributed by atoms with Crippen LogP contribution in [-0.4, -0.2) is 24.0 Å². The summed E-state index contributed by atoms with van der Waals surface area (Å²) in [6, 6.07) is 3.69.